The molecule has 0 atom stereocenters. The van der Waals surface area contributed by atoms with Crippen LogP contribution in [0.1, 0.15) is 31.7 Å². The molecule has 0 saturated heterocycles. The number of Topliss-reactive ketones (excluding diaryl/α,β-unsaturated/α-hetero) is 1. The maximum absolute atomic E-state index is 11.3. The van der Waals surface area contributed by atoms with Gasteiger partial charge in [0, 0.05) is 23.4 Å². The summed E-state index contributed by atoms with van der Waals surface area (Å²) in [5.41, 5.74) is 2.17. The summed E-state index contributed by atoms with van der Waals surface area (Å²) in [6.45, 7) is 0. The highest BCUT2D eigenvalue weighted by Crippen LogP contribution is 2.30. The third-order valence-electron chi connectivity index (χ3n) is 3.44. The minimum Gasteiger partial charge on any atom is -0.327 e. The lowest BCUT2D eigenvalue weighted by atomic mass is 9.94. The lowest BCUT2D eigenvalue weighted by molar-refractivity contribution is -0.120. The van der Waals surface area contributed by atoms with Crippen LogP contribution in [0.15, 0.2) is 29.0 Å². The van der Waals surface area contributed by atoms with Gasteiger partial charge in [0.25, 0.3) is 0 Å². The molecule has 0 bridgehead atoms. The molecule has 1 fully saturated rings. The smallest absolute Gasteiger partial charge is 0.133 e. The fraction of sp³-hybridized carbons (Fsp3) is 0.385. The molecule has 0 aliphatic heterocycles. The highest BCUT2D eigenvalue weighted by molar-refractivity contribution is 9.10. The van der Waals surface area contributed by atoms with Crippen LogP contribution in [0.25, 0.3) is 11.0 Å². The normalized spacial score (nSPS) is 17.8. The molecule has 0 spiro atoms. The molecular weight excluding hydrogens is 280 g/mol. The number of rotatable bonds is 1. The molecule has 0 N–H and O–H groups in total. The average molecular weight is 293 g/mol. The maximum atomic E-state index is 11.3. The molecule has 4 heteroatoms. The summed E-state index contributed by atoms with van der Waals surface area (Å²) >= 11 is 3.49. The third-order valence-corrected chi connectivity index (χ3v) is 3.94. The van der Waals surface area contributed by atoms with Crippen LogP contribution in [0.5, 0.6) is 0 Å². The number of ketones is 1. The quantitative estimate of drug-likeness (QED) is 0.806. The molecule has 1 aromatic carbocycles. The standard InChI is InChI=1S/C13H13BrN2O/c14-9-1-6-12-13(7-9)16(8-15-12)10-2-4-11(17)5-3-10/h1,6-8,10H,2-5H2. The van der Waals surface area contributed by atoms with Gasteiger partial charge in [-0.25, -0.2) is 4.98 Å². The first-order valence-electron chi connectivity index (χ1n) is 5.88. The van der Waals surface area contributed by atoms with E-state index in [9.17, 15) is 4.79 Å². The number of hydrogen-bond donors (Lipinski definition) is 0. The molecule has 1 aliphatic rings. The largest absolute Gasteiger partial charge is 0.327 e. The Kier molecular flexibility index (Phi) is 2.74. The van der Waals surface area contributed by atoms with Crippen molar-refractivity contribution in [2.45, 2.75) is 31.7 Å². The van der Waals surface area contributed by atoms with E-state index in [0.717, 1.165) is 28.3 Å². The van der Waals surface area contributed by atoms with Gasteiger partial charge in [-0.3, -0.25) is 4.79 Å². The van der Waals surface area contributed by atoms with Crippen LogP contribution in [0.3, 0.4) is 0 Å². The summed E-state index contributed by atoms with van der Waals surface area (Å²) in [5, 5.41) is 0. The van der Waals surface area contributed by atoms with Crippen molar-refractivity contribution in [1.82, 2.24) is 9.55 Å². The molecular formula is C13H13BrN2O. The lowest BCUT2D eigenvalue weighted by Crippen LogP contribution is -2.17. The monoisotopic (exact) mass is 292 g/mol. The van der Waals surface area contributed by atoms with Gasteiger partial charge in [-0.05, 0) is 31.0 Å². The highest BCUT2D eigenvalue weighted by atomic mass is 79.9. The summed E-state index contributed by atoms with van der Waals surface area (Å²) in [6.07, 6.45) is 5.20. The van der Waals surface area contributed by atoms with E-state index in [4.69, 9.17) is 0 Å². The van der Waals surface area contributed by atoms with Gasteiger partial charge in [-0.2, -0.15) is 0 Å². The SMILES string of the molecule is O=C1CCC(n2cnc3ccc(Br)cc32)CC1. The molecule has 88 valence electrons. The molecule has 1 aliphatic carbocycles. The molecule has 1 heterocycles. The second kappa shape index (κ2) is 4.26. The number of imidazole rings is 1. The van der Waals surface area contributed by atoms with Gasteiger partial charge in [0.05, 0.1) is 17.4 Å². The maximum Gasteiger partial charge on any atom is 0.133 e. The van der Waals surface area contributed by atoms with Crippen LogP contribution < -0.4 is 0 Å². The highest BCUT2D eigenvalue weighted by Gasteiger charge is 2.21. The van der Waals surface area contributed by atoms with E-state index < -0.39 is 0 Å². The Balaban J connectivity index is 1.99. The van der Waals surface area contributed by atoms with Crippen molar-refractivity contribution in [2.24, 2.45) is 0 Å². The van der Waals surface area contributed by atoms with Crippen molar-refractivity contribution in [2.75, 3.05) is 0 Å². The first-order chi connectivity index (χ1) is 8.24. The Labute approximate surface area is 108 Å². The molecule has 3 rings (SSSR count). The molecule has 0 radical (unpaired) electrons. The summed E-state index contributed by atoms with van der Waals surface area (Å²) in [4.78, 5) is 15.7. The van der Waals surface area contributed by atoms with E-state index in [1.165, 1.54) is 0 Å². The van der Waals surface area contributed by atoms with Crippen LogP contribution >= 0.6 is 15.9 Å². The fourth-order valence-electron chi connectivity index (χ4n) is 2.49. The van der Waals surface area contributed by atoms with Crippen molar-refractivity contribution in [3.05, 3.63) is 29.0 Å². The molecule has 17 heavy (non-hydrogen) atoms. The summed E-state index contributed by atoms with van der Waals surface area (Å²) in [7, 11) is 0. The first kappa shape index (κ1) is 11.0. The van der Waals surface area contributed by atoms with E-state index in [2.05, 4.69) is 31.5 Å². The van der Waals surface area contributed by atoms with Crippen LogP contribution in [-0.2, 0) is 4.79 Å². The van der Waals surface area contributed by atoms with Gasteiger partial charge in [-0.1, -0.05) is 15.9 Å². The Morgan fingerprint density at radius 2 is 2.06 bits per heavy atom. The minimum atomic E-state index is 0.395. The molecule has 1 aromatic heterocycles. The van der Waals surface area contributed by atoms with E-state index in [1.807, 2.05) is 18.5 Å². The van der Waals surface area contributed by atoms with E-state index >= 15 is 0 Å². The molecule has 1 saturated carbocycles. The Morgan fingerprint density at radius 1 is 1.29 bits per heavy atom. The zero-order valence-electron chi connectivity index (χ0n) is 9.40. The first-order valence-corrected chi connectivity index (χ1v) is 6.67. The van der Waals surface area contributed by atoms with Gasteiger partial charge in [0.2, 0.25) is 0 Å². The summed E-state index contributed by atoms with van der Waals surface area (Å²) in [5.74, 6) is 0.395. The zero-order valence-corrected chi connectivity index (χ0v) is 11.0. The molecule has 0 unspecified atom stereocenters. The summed E-state index contributed by atoms with van der Waals surface area (Å²) in [6, 6.07) is 6.54. The Hall–Kier alpha value is -1.16. The van der Waals surface area contributed by atoms with Gasteiger partial charge in [0.15, 0.2) is 0 Å². The Morgan fingerprint density at radius 3 is 2.82 bits per heavy atom. The fourth-order valence-corrected chi connectivity index (χ4v) is 2.84. The minimum absolute atomic E-state index is 0.395. The number of fused-ring (bicyclic) bond motifs is 1. The van der Waals surface area contributed by atoms with E-state index in [1.54, 1.807) is 0 Å². The number of carbonyl (C=O) groups is 1. The van der Waals surface area contributed by atoms with Crippen LogP contribution in [0.2, 0.25) is 0 Å². The number of carbonyl (C=O) groups excluding carboxylic acids is 1. The number of benzene rings is 1. The van der Waals surface area contributed by atoms with Crippen molar-refractivity contribution >= 4 is 32.7 Å². The van der Waals surface area contributed by atoms with Crippen molar-refractivity contribution in [1.29, 1.82) is 0 Å². The summed E-state index contributed by atoms with van der Waals surface area (Å²) < 4.78 is 3.28. The predicted octanol–water partition coefficient (Wildman–Crippen LogP) is 3.48. The van der Waals surface area contributed by atoms with Crippen molar-refractivity contribution < 1.29 is 4.79 Å². The average Bonchev–Trinajstić information content (AvgIpc) is 2.73. The van der Waals surface area contributed by atoms with E-state index in [-0.39, 0.29) is 0 Å². The van der Waals surface area contributed by atoms with E-state index in [0.29, 0.717) is 24.7 Å². The van der Waals surface area contributed by atoms with Gasteiger partial charge in [-0.15, -0.1) is 0 Å². The van der Waals surface area contributed by atoms with Crippen LogP contribution in [0.4, 0.5) is 0 Å². The van der Waals surface area contributed by atoms with Gasteiger partial charge < -0.3 is 4.57 Å². The molecule has 0 amide bonds. The third kappa shape index (κ3) is 2.02. The second-order valence-electron chi connectivity index (χ2n) is 4.55. The number of aromatic nitrogens is 2. The topological polar surface area (TPSA) is 34.9 Å². The number of halogens is 1. The van der Waals surface area contributed by atoms with Gasteiger partial charge >= 0.3 is 0 Å². The zero-order chi connectivity index (χ0) is 11.8. The van der Waals surface area contributed by atoms with Crippen LogP contribution in [0, 0.1) is 0 Å². The second-order valence-corrected chi connectivity index (χ2v) is 5.47. The van der Waals surface area contributed by atoms with Crippen molar-refractivity contribution in [3.63, 3.8) is 0 Å². The number of nitrogens with zero attached hydrogens (tertiary/aromatic N) is 2. The van der Waals surface area contributed by atoms with Gasteiger partial charge in [0.1, 0.15) is 5.78 Å². The van der Waals surface area contributed by atoms with Crippen LogP contribution in [-0.4, -0.2) is 15.3 Å². The number of hydrogen-bond acceptors (Lipinski definition) is 2. The Bertz CT molecular complexity index is 566. The molecule has 3 nitrogen and oxygen atoms in total. The molecule has 2 aromatic rings. The predicted molar refractivity (Wildman–Crippen MR) is 69.9 cm³/mol. The lowest BCUT2D eigenvalue weighted by Gasteiger charge is -2.22. The van der Waals surface area contributed by atoms with Crippen molar-refractivity contribution in [3.8, 4) is 0 Å².